The first kappa shape index (κ1) is 16.7. The molecule has 1 aliphatic rings. The topological polar surface area (TPSA) is 57.2 Å². The molecule has 2 unspecified atom stereocenters. The van der Waals surface area contributed by atoms with E-state index in [-0.39, 0.29) is 17.5 Å². The molecule has 0 aromatic heterocycles. The third-order valence-electron chi connectivity index (χ3n) is 4.31. The van der Waals surface area contributed by atoms with Crippen molar-refractivity contribution >= 4 is 28.5 Å². The molecule has 3 rings (SSSR count). The van der Waals surface area contributed by atoms with E-state index in [4.69, 9.17) is 0 Å². The molecule has 0 aliphatic heterocycles. The number of hydrogen-bond acceptors (Lipinski definition) is 3. The van der Waals surface area contributed by atoms with E-state index in [0.717, 1.165) is 47.0 Å². The van der Waals surface area contributed by atoms with Crippen LogP contribution in [0.2, 0.25) is 0 Å². The summed E-state index contributed by atoms with van der Waals surface area (Å²) in [5.41, 5.74) is 4.55. The van der Waals surface area contributed by atoms with E-state index in [0.29, 0.717) is 0 Å². The Morgan fingerprint density at radius 1 is 1.08 bits per heavy atom. The number of halogens is 1. The minimum absolute atomic E-state index is 0.0128. The third-order valence-corrected chi connectivity index (χ3v) is 4.88. The van der Waals surface area contributed by atoms with Crippen molar-refractivity contribution in [2.24, 2.45) is 5.92 Å². The van der Waals surface area contributed by atoms with Crippen LogP contribution in [-0.2, 0) is 21.6 Å². The number of carbonyl (C=O) groups excluding carboxylic acids is 1. The lowest BCUT2D eigenvalue weighted by molar-refractivity contribution is -0.109. The molecule has 0 saturated heterocycles. The Labute approximate surface area is 142 Å². The van der Waals surface area contributed by atoms with Gasteiger partial charge >= 0.3 is 0 Å². The molecular weight excluding hydrogens is 327 g/mol. The Hall–Kier alpha value is -2.11. The van der Waals surface area contributed by atoms with Crippen molar-refractivity contribution in [2.45, 2.75) is 18.6 Å². The molecule has 0 bridgehead atoms. The first-order valence-corrected chi connectivity index (χ1v) is 8.92. The van der Waals surface area contributed by atoms with Gasteiger partial charge in [0.1, 0.15) is 12.1 Å². The van der Waals surface area contributed by atoms with Crippen molar-refractivity contribution in [2.75, 3.05) is 0 Å². The van der Waals surface area contributed by atoms with Crippen LogP contribution in [0.15, 0.2) is 48.5 Å². The summed E-state index contributed by atoms with van der Waals surface area (Å²) >= 11 is -2.12. The second-order valence-corrected chi connectivity index (χ2v) is 6.72. The zero-order chi connectivity index (χ0) is 17.1. The molecule has 24 heavy (non-hydrogen) atoms. The zero-order valence-electron chi connectivity index (χ0n) is 12.9. The van der Waals surface area contributed by atoms with Gasteiger partial charge in [0.15, 0.2) is 0 Å². The highest BCUT2D eigenvalue weighted by Gasteiger charge is 2.27. The summed E-state index contributed by atoms with van der Waals surface area (Å²) in [6, 6.07) is 13.5. The predicted molar refractivity (Wildman–Crippen MR) is 91.1 cm³/mol. The van der Waals surface area contributed by atoms with Crippen molar-refractivity contribution in [3.8, 4) is 0 Å². The van der Waals surface area contributed by atoms with Crippen LogP contribution in [0.4, 0.5) is 4.39 Å². The fraction of sp³-hybridized carbons (Fsp3) is 0.211. The van der Waals surface area contributed by atoms with Crippen LogP contribution in [-0.4, -0.2) is 15.0 Å². The standard InChI is InChI=1S/C19H17FO3S/c20-17-8-5-15(6-9-17)19-16(11-21)7-10-18(19)14-3-1-13(2-4-14)12-24(22)23/h1-6,8-9,11,16H,7,10,12H2,(H,22,23)/p-1. The van der Waals surface area contributed by atoms with Gasteiger partial charge in [0.05, 0.1) is 0 Å². The molecule has 0 N–H and O–H groups in total. The first-order chi connectivity index (χ1) is 11.6. The molecule has 0 spiro atoms. The largest absolute Gasteiger partial charge is 0.772 e. The predicted octanol–water partition coefficient (Wildman–Crippen LogP) is 3.72. The quantitative estimate of drug-likeness (QED) is 0.614. The average Bonchev–Trinajstić information content (AvgIpc) is 3.00. The smallest absolute Gasteiger partial charge is 0.127 e. The van der Waals surface area contributed by atoms with E-state index in [1.165, 1.54) is 12.1 Å². The molecule has 2 aromatic carbocycles. The number of aldehydes is 1. The van der Waals surface area contributed by atoms with Gasteiger partial charge in [-0.15, -0.1) is 0 Å². The minimum atomic E-state index is -2.12. The van der Waals surface area contributed by atoms with E-state index in [1.54, 1.807) is 24.3 Å². The van der Waals surface area contributed by atoms with E-state index in [2.05, 4.69) is 0 Å². The van der Waals surface area contributed by atoms with E-state index in [9.17, 15) is 17.9 Å². The molecule has 2 aromatic rings. The Morgan fingerprint density at radius 2 is 1.71 bits per heavy atom. The van der Waals surface area contributed by atoms with Crippen LogP contribution in [0.1, 0.15) is 29.5 Å². The van der Waals surface area contributed by atoms with E-state index in [1.807, 2.05) is 12.1 Å². The maximum absolute atomic E-state index is 13.2. The number of hydrogen-bond donors (Lipinski definition) is 0. The molecule has 0 radical (unpaired) electrons. The van der Waals surface area contributed by atoms with Crippen LogP contribution in [0.5, 0.6) is 0 Å². The summed E-state index contributed by atoms with van der Waals surface area (Å²) in [5, 5.41) is 0. The number of carbonyl (C=O) groups is 1. The summed E-state index contributed by atoms with van der Waals surface area (Å²) in [6.07, 6.45) is 2.45. The molecule has 0 fully saturated rings. The first-order valence-electron chi connectivity index (χ1n) is 7.68. The minimum Gasteiger partial charge on any atom is -0.772 e. The van der Waals surface area contributed by atoms with Gasteiger partial charge in [0.2, 0.25) is 0 Å². The monoisotopic (exact) mass is 343 g/mol. The van der Waals surface area contributed by atoms with E-state index < -0.39 is 11.1 Å². The molecule has 0 saturated carbocycles. The molecule has 5 heteroatoms. The molecular formula is C19H16FO3S-. The maximum atomic E-state index is 13.2. The van der Waals surface area contributed by atoms with Crippen molar-refractivity contribution in [1.29, 1.82) is 0 Å². The summed E-state index contributed by atoms with van der Waals surface area (Å²) in [6.45, 7) is 0. The van der Waals surface area contributed by atoms with Crippen molar-refractivity contribution in [1.82, 2.24) is 0 Å². The Morgan fingerprint density at radius 3 is 2.29 bits per heavy atom. The van der Waals surface area contributed by atoms with Gasteiger partial charge in [-0.1, -0.05) is 47.5 Å². The SMILES string of the molecule is O=CC1CCC(c2ccc(CS(=O)[O-])cc2)=C1c1ccc(F)cc1. The Bertz CT molecular complexity index is 794. The summed E-state index contributed by atoms with van der Waals surface area (Å²) in [4.78, 5) is 11.4. The summed E-state index contributed by atoms with van der Waals surface area (Å²) < 4.78 is 34.7. The highest BCUT2D eigenvalue weighted by atomic mass is 32.2. The zero-order valence-corrected chi connectivity index (χ0v) is 13.7. The fourth-order valence-corrected chi connectivity index (χ4v) is 3.66. The Balaban J connectivity index is 2.01. The number of allylic oxidation sites excluding steroid dienone is 2. The van der Waals surface area contributed by atoms with Crippen LogP contribution in [0.3, 0.4) is 0 Å². The second kappa shape index (κ2) is 7.20. The molecule has 0 amide bonds. The van der Waals surface area contributed by atoms with Gasteiger partial charge in [-0.2, -0.15) is 0 Å². The lowest BCUT2D eigenvalue weighted by Gasteiger charge is -2.12. The molecule has 0 heterocycles. The number of rotatable bonds is 5. The summed E-state index contributed by atoms with van der Waals surface area (Å²) in [7, 11) is 0. The van der Waals surface area contributed by atoms with Gasteiger partial charge in [0, 0.05) is 11.7 Å². The average molecular weight is 343 g/mol. The van der Waals surface area contributed by atoms with Gasteiger partial charge in [-0.05, 0) is 52.8 Å². The van der Waals surface area contributed by atoms with E-state index >= 15 is 0 Å². The van der Waals surface area contributed by atoms with Crippen LogP contribution < -0.4 is 0 Å². The van der Waals surface area contributed by atoms with Crippen molar-refractivity contribution < 1.29 is 17.9 Å². The highest BCUT2D eigenvalue weighted by Crippen LogP contribution is 2.43. The number of benzene rings is 2. The van der Waals surface area contributed by atoms with Crippen LogP contribution in [0, 0.1) is 11.7 Å². The van der Waals surface area contributed by atoms with Gasteiger partial charge in [-0.25, -0.2) is 4.39 Å². The van der Waals surface area contributed by atoms with Crippen LogP contribution in [0.25, 0.3) is 11.1 Å². The van der Waals surface area contributed by atoms with Gasteiger partial charge < -0.3 is 9.35 Å². The molecule has 1 aliphatic carbocycles. The van der Waals surface area contributed by atoms with Gasteiger partial charge in [0.25, 0.3) is 0 Å². The van der Waals surface area contributed by atoms with Crippen molar-refractivity contribution in [3.63, 3.8) is 0 Å². The maximum Gasteiger partial charge on any atom is 0.127 e. The van der Waals surface area contributed by atoms with Crippen molar-refractivity contribution in [3.05, 3.63) is 71.0 Å². The summed E-state index contributed by atoms with van der Waals surface area (Å²) in [5.74, 6) is -0.517. The molecule has 2 atom stereocenters. The third kappa shape index (κ3) is 3.52. The Kier molecular flexibility index (Phi) is 5.02. The lowest BCUT2D eigenvalue weighted by Crippen LogP contribution is -2.00. The second-order valence-electron chi connectivity index (χ2n) is 5.83. The fourth-order valence-electron chi connectivity index (χ4n) is 3.19. The van der Waals surface area contributed by atoms with Gasteiger partial charge in [-0.3, -0.25) is 4.21 Å². The molecule has 124 valence electrons. The van der Waals surface area contributed by atoms with Crippen LogP contribution >= 0.6 is 0 Å². The molecule has 3 nitrogen and oxygen atoms in total. The lowest BCUT2D eigenvalue weighted by atomic mass is 9.92. The highest BCUT2D eigenvalue weighted by molar-refractivity contribution is 7.78. The normalized spacial score (nSPS) is 18.7.